The first kappa shape index (κ1) is 16.3. The fraction of sp³-hybridized carbons (Fsp3) is 0.133. The average molecular weight is 339 g/mol. The number of amides is 1. The average Bonchev–Trinajstić information content (AvgIpc) is 2.45. The van der Waals surface area contributed by atoms with Crippen LogP contribution in [0.15, 0.2) is 57.8 Å². The first-order chi connectivity index (χ1) is 10.4. The van der Waals surface area contributed by atoms with Gasteiger partial charge in [-0.3, -0.25) is 0 Å². The molecule has 0 aromatic heterocycles. The second kappa shape index (κ2) is 6.81. The summed E-state index contributed by atoms with van der Waals surface area (Å²) in [6, 6.07) is 13.6. The molecule has 1 amide bonds. The van der Waals surface area contributed by atoms with Crippen molar-refractivity contribution in [3.05, 3.63) is 59.1 Å². The second-order valence-electron chi connectivity index (χ2n) is 4.62. The van der Waals surface area contributed by atoms with Crippen molar-refractivity contribution < 1.29 is 13.7 Å². The molecule has 0 fully saturated rings. The highest BCUT2D eigenvalue weighted by molar-refractivity contribution is 7.93. The van der Waals surface area contributed by atoms with Crippen LogP contribution in [0.2, 0.25) is 5.02 Å². The van der Waals surface area contributed by atoms with Gasteiger partial charge in [0, 0.05) is 11.3 Å². The van der Waals surface area contributed by atoms with E-state index in [1.807, 2.05) is 30.3 Å². The SMILES string of the molecule is CS(=O)(=NC(=O)OCc1ccccc1)c1ccc(Cl)cc1N. The van der Waals surface area contributed by atoms with E-state index in [1.165, 1.54) is 18.4 Å². The normalized spacial score (nSPS) is 13.2. The van der Waals surface area contributed by atoms with E-state index in [2.05, 4.69) is 4.36 Å². The number of hydrogen-bond acceptors (Lipinski definition) is 4. The zero-order valence-corrected chi connectivity index (χ0v) is 13.4. The smallest absolute Gasteiger partial charge is 0.442 e. The van der Waals surface area contributed by atoms with Crippen LogP contribution in [0.4, 0.5) is 10.5 Å². The highest BCUT2D eigenvalue weighted by atomic mass is 35.5. The number of halogens is 1. The van der Waals surface area contributed by atoms with E-state index >= 15 is 0 Å². The molecular weight excluding hydrogens is 324 g/mol. The van der Waals surface area contributed by atoms with Crippen molar-refractivity contribution in [2.75, 3.05) is 12.0 Å². The minimum atomic E-state index is -2.99. The van der Waals surface area contributed by atoms with Crippen molar-refractivity contribution in [3.63, 3.8) is 0 Å². The molecule has 7 heteroatoms. The van der Waals surface area contributed by atoms with Gasteiger partial charge in [0.1, 0.15) is 6.61 Å². The molecule has 0 aliphatic carbocycles. The third-order valence-electron chi connectivity index (χ3n) is 2.83. The third kappa shape index (κ3) is 4.22. The van der Waals surface area contributed by atoms with Crippen LogP contribution < -0.4 is 5.73 Å². The predicted octanol–water partition coefficient (Wildman–Crippen LogP) is 3.72. The fourth-order valence-corrected chi connectivity index (χ4v) is 3.23. The molecule has 2 N–H and O–H groups in total. The molecule has 0 saturated heterocycles. The number of nitrogen functional groups attached to an aromatic ring is 1. The zero-order valence-electron chi connectivity index (χ0n) is 11.9. The van der Waals surface area contributed by atoms with Gasteiger partial charge in [-0.15, -0.1) is 4.36 Å². The summed E-state index contributed by atoms with van der Waals surface area (Å²) in [6.45, 7) is 0.0643. The maximum atomic E-state index is 12.6. The van der Waals surface area contributed by atoms with Crippen molar-refractivity contribution in [1.82, 2.24) is 0 Å². The summed E-state index contributed by atoms with van der Waals surface area (Å²) < 4.78 is 21.2. The Morgan fingerprint density at radius 2 is 1.95 bits per heavy atom. The molecule has 2 aromatic carbocycles. The number of rotatable bonds is 3. The largest absolute Gasteiger partial charge is 0.443 e. The van der Waals surface area contributed by atoms with Gasteiger partial charge in [-0.05, 0) is 23.8 Å². The monoisotopic (exact) mass is 338 g/mol. The third-order valence-corrected chi connectivity index (χ3v) is 4.75. The summed E-state index contributed by atoms with van der Waals surface area (Å²) in [7, 11) is -2.99. The molecule has 0 aliphatic heterocycles. The van der Waals surface area contributed by atoms with Crippen LogP contribution >= 0.6 is 11.6 Å². The molecular formula is C15H15ClN2O3S. The van der Waals surface area contributed by atoms with Gasteiger partial charge in [-0.2, -0.15) is 0 Å². The van der Waals surface area contributed by atoms with Crippen LogP contribution in [0, 0.1) is 0 Å². The van der Waals surface area contributed by atoms with Crippen LogP contribution in [-0.4, -0.2) is 16.6 Å². The van der Waals surface area contributed by atoms with Crippen molar-refractivity contribution in [3.8, 4) is 0 Å². The lowest BCUT2D eigenvalue weighted by atomic mass is 10.2. The Kier molecular flexibility index (Phi) is 5.05. The number of hydrogen-bond donors (Lipinski definition) is 1. The highest BCUT2D eigenvalue weighted by Gasteiger charge is 2.14. The molecule has 0 saturated carbocycles. The van der Waals surface area contributed by atoms with Crippen LogP contribution in [0.5, 0.6) is 0 Å². The van der Waals surface area contributed by atoms with Gasteiger partial charge in [0.25, 0.3) is 0 Å². The van der Waals surface area contributed by atoms with Gasteiger partial charge in [0.15, 0.2) is 0 Å². The molecule has 1 atom stereocenters. The van der Waals surface area contributed by atoms with Gasteiger partial charge in [-0.25, -0.2) is 9.00 Å². The van der Waals surface area contributed by atoms with Crippen LogP contribution in [-0.2, 0) is 21.1 Å². The number of ether oxygens (including phenoxy) is 1. The summed E-state index contributed by atoms with van der Waals surface area (Å²) in [5.74, 6) is 0. The molecule has 2 aromatic rings. The topological polar surface area (TPSA) is 81.8 Å². The van der Waals surface area contributed by atoms with E-state index in [0.29, 0.717) is 5.02 Å². The summed E-state index contributed by atoms with van der Waals surface area (Å²) in [5.41, 5.74) is 6.81. The summed E-state index contributed by atoms with van der Waals surface area (Å²) in [5, 5.41) is 0.420. The van der Waals surface area contributed by atoms with E-state index in [9.17, 15) is 9.00 Å². The first-order valence-corrected chi connectivity index (χ1v) is 8.66. The Balaban J connectivity index is 2.16. The van der Waals surface area contributed by atoms with Crippen LogP contribution in [0.25, 0.3) is 0 Å². The maximum Gasteiger partial charge on any atom is 0.442 e. The molecule has 0 heterocycles. The van der Waals surface area contributed by atoms with Crippen molar-refractivity contribution >= 4 is 33.1 Å². The van der Waals surface area contributed by atoms with Crippen molar-refractivity contribution in [2.45, 2.75) is 11.5 Å². The molecule has 22 heavy (non-hydrogen) atoms. The minimum absolute atomic E-state index is 0.0643. The molecule has 2 rings (SSSR count). The summed E-state index contributed by atoms with van der Waals surface area (Å²) in [6.07, 6.45) is 0.432. The standard InChI is InChI=1S/C15H15ClN2O3S/c1-22(20,14-8-7-12(16)9-13(14)17)18-15(19)21-10-11-5-3-2-4-6-11/h2-9H,10,17H2,1H3. The number of anilines is 1. The number of carbonyl (C=O) groups is 1. The zero-order chi connectivity index (χ0) is 16.2. The first-order valence-electron chi connectivity index (χ1n) is 6.36. The van der Waals surface area contributed by atoms with E-state index in [-0.39, 0.29) is 17.2 Å². The molecule has 0 bridgehead atoms. The van der Waals surface area contributed by atoms with Crippen LogP contribution in [0.1, 0.15) is 5.56 Å². The molecule has 0 spiro atoms. The van der Waals surface area contributed by atoms with E-state index in [0.717, 1.165) is 5.56 Å². The van der Waals surface area contributed by atoms with Gasteiger partial charge in [0.05, 0.1) is 20.3 Å². The molecule has 0 radical (unpaired) electrons. The molecule has 5 nitrogen and oxygen atoms in total. The van der Waals surface area contributed by atoms with Crippen molar-refractivity contribution in [1.29, 1.82) is 0 Å². The Morgan fingerprint density at radius 1 is 1.27 bits per heavy atom. The Labute approximate surface area is 134 Å². The number of benzene rings is 2. The number of carbonyl (C=O) groups excluding carboxylic acids is 1. The van der Waals surface area contributed by atoms with Gasteiger partial charge in [0.2, 0.25) is 0 Å². The predicted molar refractivity (Wildman–Crippen MR) is 87.3 cm³/mol. The maximum absolute atomic E-state index is 12.6. The molecule has 0 aliphatic rings. The fourth-order valence-electron chi connectivity index (χ4n) is 1.80. The minimum Gasteiger partial charge on any atom is -0.443 e. The van der Waals surface area contributed by atoms with Gasteiger partial charge < -0.3 is 10.5 Å². The lowest BCUT2D eigenvalue weighted by Gasteiger charge is -2.08. The van der Waals surface area contributed by atoms with E-state index < -0.39 is 15.8 Å². The lowest BCUT2D eigenvalue weighted by molar-refractivity contribution is 0.151. The van der Waals surface area contributed by atoms with Gasteiger partial charge in [-0.1, -0.05) is 41.9 Å². The molecule has 116 valence electrons. The van der Waals surface area contributed by atoms with E-state index in [4.69, 9.17) is 22.1 Å². The number of nitrogens with two attached hydrogens (primary N) is 1. The summed E-state index contributed by atoms with van der Waals surface area (Å²) in [4.78, 5) is 12.0. The lowest BCUT2D eigenvalue weighted by Crippen LogP contribution is -2.07. The Bertz CT molecular complexity index is 800. The van der Waals surface area contributed by atoms with Crippen molar-refractivity contribution in [2.24, 2.45) is 4.36 Å². The second-order valence-corrected chi connectivity index (χ2v) is 7.28. The quantitative estimate of drug-likeness (QED) is 0.865. The van der Waals surface area contributed by atoms with Crippen LogP contribution in [0.3, 0.4) is 0 Å². The Hall–Kier alpha value is -2.05. The van der Waals surface area contributed by atoms with E-state index in [1.54, 1.807) is 6.07 Å². The summed E-state index contributed by atoms with van der Waals surface area (Å²) >= 11 is 5.80. The van der Waals surface area contributed by atoms with Gasteiger partial charge >= 0.3 is 6.09 Å². The number of nitrogens with zero attached hydrogens (tertiary/aromatic N) is 1. The highest BCUT2D eigenvalue weighted by Crippen LogP contribution is 2.23. The Morgan fingerprint density at radius 3 is 2.59 bits per heavy atom. The molecule has 1 unspecified atom stereocenters.